The molecular formula is C8H14O3. The molecule has 64 valence electrons. The number of aliphatic hydroxyl groups is 1. The first kappa shape index (κ1) is 10.2. The fourth-order valence-electron chi connectivity index (χ4n) is 0.402. The second-order valence-corrected chi connectivity index (χ2v) is 2.59. The molecule has 0 saturated heterocycles. The van der Waals surface area contributed by atoms with Gasteiger partial charge >= 0.3 is 5.97 Å². The van der Waals surface area contributed by atoms with Crippen LogP contribution in [0.4, 0.5) is 0 Å². The van der Waals surface area contributed by atoms with Crippen LogP contribution in [0.3, 0.4) is 0 Å². The zero-order valence-corrected chi connectivity index (χ0v) is 6.91. The molecule has 0 aliphatic carbocycles. The van der Waals surface area contributed by atoms with Crippen molar-refractivity contribution in [2.75, 3.05) is 6.61 Å². The molecule has 0 fully saturated rings. The molecule has 0 bridgehead atoms. The molecule has 0 aromatic carbocycles. The van der Waals surface area contributed by atoms with Crippen molar-refractivity contribution >= 4 is 5.97 Å². The molecular weight excluding hydrogens is 144 g/mol. The summed E-state index contributed by atoms with van der Waals surface area (Å²) in [4.78, 5) is 10.8. The fraction of sp³-hybridized carbons (Fsp3) is 0.625. The van der Waals surface area contributed by atoms with E-state index in [1.165, 1.54) is 6.08 Å². The van der Waals surface area contributed by atoms with E-state index in [1.54, 1.807) is 13.8 Å². The van der Waals surface area contributed by atoms with Gasteiger partial charge in [-0.2, -0.15) is 0 Å². The normalized spacial score (nSPS) is 12.7. The number of hydrogen-bond donors (Lipinski definition) is 1. The van der Waals surface area contributed by atoms with E-state index in [2.05, 4.69) is 6.58 Å². The van der Waals surface area contributed by atoms with Crippen LogP contribution in [-0.4, -0.2) is 23.8 Å². The summed E-state index contributed by atoms with van der Waals surface area (Å²) in [5.41, 5.74) is 0. The SMILES string of the molecule is C=CC(O)COC(=O)C(C)C. The molecule has 1 unspecified atom stereocenters. The minimum Gasteiger partial charge on any atom is -0.462 e. The molecule has 0 aliphatic heterocycles. The highest BCUT2D eigenvalue weighted by molar-refractivity contribution is 5.71. The molecule has 0 aromatic heterocycles. The first-order chi connectivity index (χ1) is 5.07. The van der Waals surface area contributed by atoms with Gasteiger partial charge in [0.05, 0.1) is 5.92 Å². The lowest BCUT2D eigenvalue weighted by atomic mass is 10.2. The van der Waals surface area contributed by atoms with Gasteiger partial charge in [0.15, 0.2) is 0 Å². The number of carbonyl (C=O) groups is 1. The van der Waals surface area contributed by atoms with Crippen LogP contribution in [0.15, 0.2) is 12.7 Å². The molecule has 1 N–H and O–H groups in total. The summed E-state index contributed by atoms with van der Waals surface area (Å²) in [6.07, 6.45) is 0.575. The second-order valence-electron chi connectivity index (χ2n) is 2.59. The second kappa shape index (κ2) is 4.91. The van der Waals surface area contributed by atoms with Crippen LogP contribution in [0.1, 0.15) is 13.8 Å². The van der Waals surface area contributed by atoms with Crippen molar-refractivity contribution in [1.29, 1.82) is 0 Å². The lowest BCUT2D eigenvalue weighted by Crippen LogP contribution is -2.19. The van der Waals surface area contributed by atoms with E-state index < -0.39 is 6.10 Å². The predicted molar refractivity (Wildman–Crippen MR) is 42.0 cm³/mol. The third kappa shape index (κ3) is 4.56. The quantitative estimate of drug-likeness (QED) is 0.484. The Bertz CT molecular complexity index is 140. The number of hydrogen-bond acceptors (Lipinski definition) is 3. The van der Waals surface area contributed by atoms with Gasteiger partial charge in [-0.3, -0.25) is 4.79 Å². The zero-order chi connectivity index (χ0) is 8.85. The molecule has 0 radical (unpaired) electrons. The molecule has 3 heteroatoms. The van der Waals surface area contributed by atoms with Gasteiger partial charge in [-0.15, -0.1) is 6.58 Å². The van der Waals surface area contributed by atoms with Crippen molar-refractivity contribution in [3.63, 3.8) is 0 Å². The smallest absolute Gasteiger partial charge is 0.308 e. The summed E-state index contributed by atoms with van der Waals surface area (Å²) in [7, 11) is 0. The maximum atomic E-state index is 10.8. The van der Waals surface area contributed by atoms with Crippen molar-refractivity contribution in [3.05, 3.63) is 12.7 Å². The van der Waals surface area contributed by atoms with Crippen molar-refractivity contribution in [3.8, 4) is 0 Å². The lowest BCUT2D eigenvalue weighted by Gasteiger charge is -2.08. The van der Waals surface area contributed by atoms with E-state index in [-0.39, 0.29) is 18.5 Å². The first-order valence-electron chi connectivity index (χ1n) is 3.55. The highest BCUT2D eigenvalue weighted by Gasteiger charge is 2.09. The molecule has 0 heterocycles. The van der Waals surface area contributed by atoms with Crippen LogP contribution in [0, 0.1) is 5.92 Å². The molecule has 0 aromatic rings. The molecule has 0 amide bonds. The Morgan fingerprint density at radius 2 is 2.27 bits per heavy atom. The Balaban J connectivity index is 3.54. The Morgan fingerprint density at radius 3 is 2.64 bits per heavy atom. The number of rotatable bonds is 4. The van der Waals surface area contributed by atoms with Gasteiger partial charge in [0.1, 0.15) is 12.7 Å². The maximum Gasteiger partial charge on any atom is 0.308 e. The van der Waals surface area contributed by atoms with E-state index in [0.29, 0.717) is 0 Å². The molecule has 11 heavy (non-hydrogen) atoms. The Hall–Kier alpha value is -0.830. The molecule has 3 nitrogen and oxygen atoms in total. The van der Waals surface area contributed by atoms with Gasteiger partial charge in [-0.25, -0.2) is 0 Å². The molecule has 1 atom stereocenters. The average molecular weight is 158 g/mol. The zero-order valence-electron chi connectivity index (χ0n) is 6.91. The molecule has 0 saturated carbocycles. The number of aliphatic hydroxyl groups excluding tert-OH is 1. The van der Waals surface area contributed by atoms with Crippen LogP contribution in [0.2, 0.25) is 0 Å². The fourth-order valence-corrected chi connectivity index (χ4v) is 0.402. The van der Waals surface area contributed by atoms with E-state index in [4.69, 9.17) is 9.84 Å². The summed E-state index contributed by atoms with van der Waals surface area (Å²) >= 11 is 0. The Kier molecular flexibility index (Phi) is 4.54. The van der Waals surface area contributed by atoms with Crippen LogP contribution in [-0.2, 0) is 9.53 Å². The van der Waals surface area contributed by atoms with Gasteiger partial charge < -0.3 is 9.84 Å². The van der Waals surface area contributed by atoms with Crippen LogP contribution >= 0.6 is 0 Å². The largest absolute Gasteiger partial charge is 0.462 e. The Morgan fingerprint density at radius 1 is 1.73 bits per heavy atom. The van der Waals surface area contributed by atoms with Gasteiger partial charge in [0.2, 0.25) is 0 Å². The monoisotopic (exact) mass is 158 g/mol. The van der Waals surface area contributed by atoms with Crippen molar-refractivity contribution in [2.24, 2.45) is 5.92 Å². The molecule has 0 rings (SSSR count). The van der Waals surface area contributed by atoms with E-state index >= 15 is 0 Å². The van der Waals surface area contributed by atoms with Gasteiger partial charge in [-0.1, -0.05) is 19.9 Å². The first-order valence-corrected chi connectivity index (χ1v) is 3.55. The summed E-state index contributed by atoms with van der Waals surface area (Å²) < 4.78 is 4.70. The topological polar surface area (TPSA) is 46.5 Å². The van der Waals surface area contributed by atoms with Crippen LogP contribution in [0.5, 0.6) is 0 Å². The third-order valence-electron chi connectivity index (χ3n) is 1.14. The van der Waals surface area contributed by atoms with Crippen LogP contribution < -0.4 is 0 Å². The van der Waals surface area contributed by atoms with E-state index in [9.17, 15) is 4.79 Å². The summed E-state index contributed by atoms with van der Waals surface area (Å²) in [6.45, 7) is 6.82. The number of ether oxygens (including phenoxy) is 1. The van der Waals surface area contributed by atoms with Gasteiger partial charge in [-0.05, 0) is 0 Å². The van der Waals surface area contributed by atoms with Crippen molar-refractivity contribution in [1.82, 2.24) is 0 Å². The maximum absolute atomic E-state index is 10.8. The minimum atomic E-state index is -0.752. The predicted octanol–water partition coefficient (Wildman–Crippen LogP) is 0.732. The standard InChI is InChI=1S/C8H14O3/c1-4-7(9)5-11-8(10)6(2)3/h4,6-7,9H,1,5H2,2-3H3. The lowest BCUT2D eigenvalue weighted by molar-refractivity contribution is -0.149. The highest BCUT2D eigenvalue weighted by Crippen LogP contribution is 1.96. The van der Waals surface area contributed by atoms with E-state index in [0.717, 1.165) is 0 Å². The minimum absolute atomic E-state index is 0.000509. The molecule has 0 spiro atoms. The summed E-state index contributed by atoms with van der Waals surface area (Å²) in [5, 5.41) is 8.89. The summed E-state index contributed by atoms with van der Waals surface area (Å²) in [6, 6.07) is 0. The van der Waals surface area contributed by atoms with Crippen molar-refractivity contribution < 1.29 is 14.6 Å². The third-order valence-corrected chi connectivity index (χ3v) is 1.14. The van der Waals surface area contributed by atoms with Gasteiger partial charge in [0.25, 0.3) is 0 Å². The number of carbonyl (C=O) groups excluding carboxylic acids is 1. The summed E-state index contributed by atoms with van der Waals surface area (Å²) in [5.74, 6) is -0.446. The van der Waals surface area contributed by atoms with E-state index in [1.807, 2.05) is 0 Å². The van der Waals surface area contributed by atoms with Gasteiger partial charge in [0, 0.05) is 0 Å². The number of esters is 1. The molecule has 0 aliphatic rings. The average Bonchev–Trinajstić information content (AvgIpc) is 1.99. The van der Waals surface area contributed by atoms with Crippen molar-refractivity contribution in [2.45, 2.75) is 20.0 Å². The Labute approximate surface area is 66.7 Å². The highest BCUT2D eigenvalue weighted by atomic mass is 16.5. The van der Waals surface area contributed by atoms with Crippen LogP contribution in [0.25, 0.3) is 0 Å².